The van der Waals surface area contributed by atoms with Crippen molar-refractivity contribution in [2.24, 2.45) is 17.8 Å². The van der Waals surface area contributed by atoms with Crippen molar-refractivity contribution in [1.29, 1.82) is 0 Å². The van der Waals surface area contributed by atoms with E-state index in [1.54, 1.807) is 0 Å². The molecule has 17 heavy (non-hydrogen) atoms. The first kappa shape index (κ1) is 12.9. The Balaban J connectivity index is 1.78. The Kier molecular flexibility index (Phi) is 4.08. The maximum absolute atomic E-state index is 12.0. The van der Waals surface area contributed by atoms with Gasteiger partial charge in [0.25, 0.3) is 0 Å². The first-order chi connectivity index (χ1) is 8.06. The second-order valence-corrected chi connectivity index (χ2v) is 6.14. The standard InChI is InChI=1S/C14H25NO2/c1-9(2)15-14(16)13(7-12-6-10(12)3)17-8-11-4-5-11/h9-13H,4-8H2,1-3H3,(H,15,16). The zero-order chi connectivity index (χ0) is 12.4. The third-order valence-corrected chi connectivity index (χ3v) is 3.75. The van der Waals surface area contributed by atoms with E-state index in [1.807, 2.05) is 13.8 Å². The summed E-state index contributed by atoms with van der Waals surface area (Å²) in [7, 11) is 0. The Hall–Kier alpha value is -0.570. The molecular weight excluding hydrogens is 214 g/mol. The summed E-state index contributed by atoms with van der Waals surface area (Å²) in [4.78, 5) is 12.0. The van der Waals surface area contributed by atoms with E-state index in [2.05, 4.69) is 12.2 Å². The molecule has 3 heteroatoms. The van der Waals surface area contributed by atoms with Crippen molar-refractivity contribution in [3.8, 4) is 0 Å². The lowest BCUT2D eigenvalue weighted by atomic mass is 10.1. The summed E-state index contributed by atoms with van der Waals surface area (Å²) in [6.07, 6.45) is 4.51. The van der Waals surface area contributed by atoms with Crippen LogP contribution >= 0.6 is 0 Å². The minimum Gasteiger partial charge on any atom is -0.368 e. The summed E-state index contributed by atoms with van der Waals surface area (Å²) in [5.74, 6) is 2.30. The van der Waals surface area contributed by atoms with Crippen LogP contribution < -0.4 is 5.32 Å². The summed E-state index contributed by atoms with van der Waals surface area (Å²) in [6, 6.07) is 0.200. The Morgan fingerprint density at radius 3 is 2.53 bits per heavy atom. The molecule has 2 rings (SSSR count). The quantitative estimate of drug-likeness (QED) is 0.740. The number of carbonyl (C=O) groups is 1. The van der Waals surface area contributed by atoms with Gasteiger partial charge in [-0.05, 0) is 57.3 Å². The average Bonchev–Trinajstić information content (AvgIpc) is 3.10. The van der Waals surface area contributed by atoms with Crippen LogP contribution in [0.2, 0.25) is 0 Å². The van der Waals surface area contributed by atoms with Gasteiger partial charge in [0.05, 0.1) is 6.61 Å². The Bertz CT molecular complexity index is 273. The number of ether oxygens (including phenoxy) is 1. The fourth-order valence-corrected chi connectivity index (χ4v) is 2.17. The highest BCUT2D eigenvalue weighted by atomic mass is 16.5. The van der Waals surface area contributed by atoms with Crippen molar-refractivity contribution in [2.75, 3.05) is 6.61 Å². The van der Waals surface area contributed by atoms with E-state index in [0.29, 0.717) is 5.92 Å². The van der Waals surface area contributed by atoms with Crippen molar-refractivity contribution in [3.63, 3.8) is 0 Å². The molecule has 1 N–H and O–H groups in total. The van der Waals surface area contributed by atoms with Crippen molar-refractivity contribution >= 4 is 5.91 Å². The number of nitrogens with one attached hydrogen (secondary N) is 1. The zero-order valence-electron chi connectivity index (χ0n) is 11.2. The van der Waals surface area contributed by atoms with E-state index in [0.717, 1.165) is 24.9 Å². The lowest BCUT2D eigenvalue weighted by Gasteiger charge is -2.19. The van der Waals surface area contributed by atoms with Crippen LogP contribution in [0.1, 0.15) is 46.5 Å². The van der Waals surface area contributed by atoms with Gasteiger partial charge in [-0.25, -0.2) is 0 Å². The molecule has 2 saturated carbocycles. The van der Waals surface area contributed by atoms with Crippen molar-refractivity contribution < 1.29 is 9.53 Å². The average molecular weight is 239 g/mol. The summed E-state index contributed by atoms with van der Waals surface area (Å²) in [5, 5.41) is 2.97. The molecule has 0 bridgehead atoms. The molecule has 2 aliphatic rings. The second kappa shape index (κ2) is 5.38. The largest absolute Gasteiger partial charge is 0.368 e. The molecule has 98 valence electrons. The summed E-state index contributed by atoms with van der Waals surface area (Å²) in [5.41, 5.74) is 0. The molecule has 3 atom stereocenters. The fraction of sp³-hybridized carbons (Fsp3) is 0.929. The predicted octanol–water partition coefficient (Wildman–Crippen LogP) is 2.35. The van der Waals surface area contributed by atoms with Gasteiger partial charge < -0.3 is 10.1 Å². The molecule has 0 aromatic heterocycles. The van der Waals surface area contributed by atoms with Gasteiger partial charge in [-0.2, -0.15) is 0 Å². The molecule has 0 radical (unpaired) electrons. The molecule has 0 aromatic rings. The first-order valence-electron chi connectivity index (χ1n) is 6.98. The van der Waals surface area contributed by atoms with E-state index in [4.69, 9.17) is 4.74 Å². The highest BCUT2D eigenvalue weighted by Crippen LogP contribution is 2.42. The lowest BCUT2D eigenvalue weighted by Crippen LogP contribution is -2.40. The van der Waals surface area contributed by atoms with Gasteiger partial charge in [-0.3, -0.25) is 4.79 Å². The molecule has 2 fully saturated rings. The molecule has 0 saturated heterocycles. The van der Waals surface area contributed by atoms with Crippen LogP contribution in [0.4, 0.5) is 0 Å². The molecular formula is C14H25NO2. The van der Waals surface area contributed by atoms with Crippen molar-refractivity contribution in [1.82, 2.24) is 5.32 Å². The molecule has 0 heterocycles. The monoisotopic (exact) mass is 239 g/mol. The number of amides is 1. The lowest BCUT2D eigenvalue weighted by molar-refractivity contribution is -0.134. The van der Waals surface area contributed by atoms with Gasteiger partial charge in [0.1, 0.15) is 6.10 Å². The van der Waals surface area contributed by atoms with Gasteiger partial charge in [0, 0.05) is 6.04 Å². The van der Waals surface area contributed by atoms with Gasteiger partial charge in [-0.15, -0.1) is 0 Å². The van der Waals surface area contributed by atoms with Crippen LogP contribution in [0.25, 0.3) is 0 Å². The van der Waals surface area contributed by atoms with E-state index in [1.165, 1.54) is 19.3 Å². The molecule has 3 unspecified atom stereocenters. The van der Waals surface area contributed by atoms with Gasteiger partial charge in [0.15, 0.2) is 0 Å². The summed E-state index contributed by atoms with van der Waals surface area (Å²) < 4.78 is 5.82. The minimum atomic E-state index is -0.215. The highest BCUT2D eigenvalue weighted by Gasteiger charge is 2.37. The van der Waals surface area contributed by atoms with Crippen LogP contribution in [-0.2, 0) is 9.53 Å². The van der Waals surface area contributed by atoms with Crippen LogP contribution in [-0.4, -0.2) is 24.7 Å². The molecule has 3 nitrogen and oxygen atoms in total. The third kappa shape index (κ3) is 4.30. The predicted molar refractivity (Wildman–Crippen MR) is 67.6 cm³/mol. The molecule has 0 aliphatic heterocycles. The van der Waals surface area contributed by atoms with Gasteiger partial charge in [0.2, 0.25) is 5.91 Å². The number of carbonyl (C=O) groups excluding carboxylic acids is 1. The molecule has 1 amide bonds. The van der Waals surface area contributed by atoms with E-state index < -0.39 is 0 Å². The maximum atomic E-state index is 12.0. The van der Waals surface area contributed by atoms with Crippen LogP contribution in [0.5, 0.6) is 0 Å². The van der Waals surface area contributed by atoms with Crippen LogP contribution in [0.3, 0.4) is 0 Å². The SMILES string of the molecule is CC(C)NC(=O)C(CC1CC1C)OCC1CC1. The molecule has 0 aromatic carbocycles. The van der Waals surface area contributed by atoms with Crippen LogP contribution in [0, 0.1) is 17.8 Å². The smallest absolute Gasteiger partial charge is 0.249 e. The van der Waals surface area contributed by atoms with E-state index >= 15 is 0 Å². The molecule has 0 spiro atoms. The summed E-state index contributed by atoms with van der Waals surface area (Å²) in [6.45, 7) is 7.02. The van der Waals surface area contributed by atoms with E-state index in [-0.39, 0.29) is 18.1 Å². The third-order valence-electron chi connectivity index (χ3n) is 3.75. The van der Waals surface area contributed by atoms with E-state index in [9.17, 15) is 4.79 Å². The van der Waals surface area contributed by atoms with Gasteiger partial charge in [-0.1, -0.05) is 6.92 Å². The second-order valence-electron chi connectivity index (χ2n) is 6.14. The Morgan fingerprint density at radius 1 is 1.41 bits per heavy atom. The normalized spacial score (nSPS) is 29.2. The topological polar surface area (TPSA) is 38.3 Å². The fourth-order valence-electron chi connectivity index (χ4n) is 2.17. The Morgan fingerprint density at radius 2 is 2.06 bits per heavy atom. The number of rotatable bonds is 7. The highest BCUT2D eigenvalue weighted by molar-refractivity contribution is 5.81. The molecule has 2 aliphatic carbocycles. The minimum absolute atomic E-state index is 0.0831. The summed E-state index contributed by atoms with van der Waals surface area (Å²) >= 11 is 0. The van der Waals surface area contributed by atoms with Crippen molar-refractivity contribution in [3.05, 3.63) is 0 Å². The maximum Gasteiger partial charge on any atom is 0.249 e. The van der Waals surface area contributed by atoms with Crippen molar-refractivity contribution in [2.45, 2.75) is 58.6 Å². The zero-order valence-corrected chi connectivity index (χ0v) is 11.2. The first-order valence-corrected chi connectivity index (χ1v) is 6.98. The van der Waals surface area contributed by atoms with Gasteiger partial charge >= 0.3 is 0 Å². The van der Waals surface area contributed by atoms with Crippen LogP contribution in [0.15, 0.2) is 0 Å². The number of hydrogen-bond acceptors (Lipinski definition) is 2. The number of hydrogen-bond donors (Lipinski definition) is 1. The Labute approximate surface area is 104 Å².